The Morgan fingerprint density at radius 2 is 1.80 bits per heavy atom. The van der Waals surface area contributed by atoms with E-state index < -0.39 is 18.0 Å². The molecule has 1 rings (SSSR count). The Kier molecular flexibility index (Phi) is 2.77. The SMILES string of the molecule is CC(C)(C)[C@@H](N)c1nc(C(F)(F)F)n[nH]1. The van der Waals surface area contributed by atoms with Crippen LogP contribution >= 0.6 is 0 Å². The molecule has 0 unspecified atom stereocenters. The molecule has 1 heterocycles. The summed E-state index contributed by atoms with van der Waals surface area (Å²) in [5.41, 5.74) is 5.35. The lowest BCUT2D eigenvalue weighted by Crippen LogP contribution is -2.27. The molecule has 0 fully saturated rings. The van der Waals surface area contributed by atoms with E-state index in [4.69, 9.17) is 5.73 Å². The van der Waals surface area contributed by atoms with Gasteiger partial charge in [0.15, 0.2) is 0 Å². The van der Waals surface area contributed by atoms with Gasteiger partial charge >= 0.3 is 6.18 Å². The Bertz CT molecular complexity index is 336. The van der Waals surface area contributed by atoms with Gasteiger partial charge in [-0.1, -0.05) is 20.8 Å². The summed E-state index contributed by atoms with van der Waals surface area (Å²) in [6, 6.07) is -0.610. The molecule has 0 radical (unpaired) electrons. The number of hydrogen-bond acceptors (Lipinski definition) is 3. The number of H-pyrrole nitrogens is 1. The maximum Gasteiger partial charge on any atom is 0.453 e. The molecule has 3 N–H and O–H groups in total. The Hall–Kier alpha value is -1.11. The first-order valence-corrected chi connectivity index (χ1v) is 4.37. The molecule has 0 aromatic carbocycles. The van der Waals surface area contributed by atoms with Gasteiger partial charge in [0.1, 0.15) is 5.82 Å². The van der Waals surface area contributed by atoms with Crippen LogP contribution < -0.4 is 5.73 Å². The number of rotatable bonds is 1. The van der Waals surface area contributed by atoms with Crippen molar-refractivity contribution in [2.75, 3.05) is 0 Å². The van der Waals surface area contributed by atoms with Gasteiger partial charge in [0, 0.05) is 0 Å². The van der Waals surface area contributed by atoms with E-state index in [2.05, 4.69) is 15.2 Å². The van der Waals surface area contributed by atoms with E-state index in [-0.39, 0.29) is 11.2 Å². The zero-order valence-electron chi connectivity index (χ0n) is 8.68. The number of nitrogens with zero attached hydrogens (tertiary/aromatic N) is 2. The average Bonchev–Trinajstić information content (AvgIpc) is 2.47. The van der Waals surface area contributed by atoms with Crippen LogP contribution in [0.25, 0.3) is 0 Å². The van der Waals surface area contributed by atoms with Gasteiger partial charge in [0.25, 0.3) is 5.82 Å². The molecular weight excluding hydrogens is 209 g/mol. The highest BCUT2D eigenvalue weighted by molar-refractivity contribution is 5.01. The van der Waals surface area contributed by atoms with Crippen molar-refractivity contribution in [1.29, 1.82) is 0 Å². The summed E-state index contributed by atoms with van der Waals surface area (Å²) in [6.45, 7) is 5.44. The van der Waals surface area contributed by atoms with Gasteiger partial charge < -0.3 is 5.73 Å². The van der Waals surface area contributed by atoms with Crippen molar-refractivity contribution in [2.45, 2.75) is 33.0 Å². The summed E-state index contributed by atoms with van der Waals surface area (Å²) in [5.74, 6) is -1.13. The maximum atomic E-state index is 12.2. The second-order valence-electron chi connectivity index (χ2n) is 4.39. The summed E-state index contributed by atoms with van der Waals surface area (Å²) >= 11 is 0. The molecule has 0 aliphatic heterocycles. The summed E-state index contributed by atoms with van der Waals surface area (Å²) in [6.07, 6.45) is -4.54. The second-order valence-corrected chi connectivity index (χ2v) is 4.39. The molecule has 0 saturated carbocycles. The Morgan fingerprint density at radius 1 is 1.27 bits per heavy atom. The Labute approximate surface area is 85.1 Å². The molecule has 1 aromatic heterocycles. The fourth-order valence-electron chi connectivity index (χ4n) is 0.950. The summed E-state index contributed by atoms with van der Waals surface area (Å²) in [4.78, 5) is 3.33. The van der Waals surface area contributed by atoms with Crippen molar-refractivity contribution >= 4 is 0 Å². The lowest BCUT2D eigenvalue weighted by molar-refractivity contribution is -0.144. The molecule has 1 atom stereocenters. The smallest absolute Gasteiger partial charge is 0.321 e. The first-order chi connectivity index (χ1) is 6.62. The third kappa shape index (κ3) is 2.68. The molecule has 1 aromatic rings. The lowest BCUT2D eigenvalue weighted by atomic mass is 9.87. The quantitative estimate of drug-likeness (QED) is 0.762. The van der Waals surface area contributed by atoms with Crippen LogP contribution in [-0.2, 0) is 6.18 Å². The summed E-state index contributed by atoms with van der Waals surface area (Å²) in [5, 5.41) is 5.29. The van der Waals surface area contributed by atoms with E-state index in [1.807, 2.05) is 20.8 Å². The highest BCUT2D eigenvalue weighted by Gasteiger charge is 2.37. The number of nitrogens with two attached hydrogens (primary N) is 1. The van der Waals surface area contributed by atoms with Crippen LogP contribution in [0.2, 0.25) is 0 Å². The third-order valence-electron chi connectivity index (χ3n) is 1.98. The third-order valence-corrected chi connectivity index (χ3v) is 1.98. The van der Waals surface area contributed by atoms with Crippen LogP contribution in [0, 0.1) is 5.41 Å². The first kappa shape index (κ1) is 12.0. The van der Waals surface area contributed by atoms with Crippen molar-refractivity contribution in [2.24, 2.45) is 11.1 Å². The maximum absolute atomic E-state index is 12.2. The highest BCUT2D eigenvalue weighted by atomic mass is 19.4. The van der Waals surface area contributed by atoms with Crippen LogP contribution in [0.15, 0.2) is 0 Å². The fourth-order valence-corrected chi connectivity index (χ4v) is 0.950. The molecule has 4 nitrogen and oxygen atoms in total. The molecule has 0 aliphatic rings. The van der Waals surface area contributed by atoms with Crippen LogP contribution in [-0.4, -0.2) is 15.2 Å². The molecule has 0 amide bonds. The highest BCUT2D eigenvalue weighted by Crippen LogP contribution is 2.31. The van der Waals surface area contributed by atoms with Crippen LogP contribution in [0.5, 0.6) is 0 Å². The van der Waals surface area contributed by atoms with Gasteiger partial charge in [-0.15, -0.1) is 5.10 Å². The van der Waals surface area contributed by atoms with Crippen molar-refractivity contribution in [1.82, 2.24) is 15.2 Å². The number of aromatic amines is 1. The number of alkyl halides is 3. The van der Waals surface area contributed by atoms with E-state index in [1.54, 1.807) is 0 Å². The minimum atomic E-state index is -4.54. The lowest BCUT2D eigenvalue weighted by Gasteiger charge is -2.24. The molecule has 0 aliphatic carbocycles. The minimum absolute atomic E-state index is 0.0508. The van der Waals surface area contributed by atoms with Gasteiger partial charge in [-0.05, 0) is 5.41 Å². The zero-order valence-corrected chi connectivity index (χ0v) is 8.68. The van der Waals surface area contributed by atoms with Gasteiger partial charge in [-0.3, -0.25) is 5.10 Å². The van der Waals surface area contributed by atoms with Crippen LogP contribution in [0.1, 0.15) is 38.5 Å². The molecule has 15 heavy (non-hydrogen) atoms. The Morgan fingerprint density at radius 3 is 2.13 bits per heavy atom. The monoisotopic (exact) mass is 222 g/mol. The largest absolute Gasteiger partial charge is 0.453 e. The van der Waals surface area contributed by atoms with Crippen molar-refractivity contribution < 1.29 is 13.2 Å². The minimum Gasteiger partial charge on any atom is -0.321 e. The van der Waals surface area contributed by atoms with Gasteiger partial charge in [0.2, 0.25) is 0 Å². The van der Waals surface area contributed by atoms with E-state index in [0.29, 0.717) is 0 Å². The second kappa shape index (κ2) is 3.48. The van der Waals surface area contributed by atoms with E-state index in [0.717, 1.165) is 0 Å². The van der Waals surface area contributed by atoms with Gasteiger partial charge in [0.05, 0.1) is 6.04 Å². The van der Waals surface area contributed by atoms with Crippen LogP contribution in [0.3, 0.4) is 0 Å². The molecule has 86 valence electrons. The normalized spacial score (nSPS) is 15.4. The van der Waals surface area contributed by atoms with E-state index in [1.165, 1.54) is 0 Å². The molecule has 0 spiro atoms. The Balaban J connectivity index is 2.95. The summed E-state index contributed by atoms with van der Waals surface area (Å²) in [7, 11) is 0. The number of hydrogen-bond donors (Lipinski definition) is 2. The van der Waals surface area contributed by atoms with Crippen LogP contribution in [0.4, 0.5) is 13.2 Å². The number of halogens is 3. The van der Waals surface area contributed by atoms with Gasteiger partial charge in [-0.2, -0.15) is 13.2 Å². The van der Waals surface area contributed by atoms with Crippen molar-refractivity contribution in [3.63, 3.8) is 0 Å². The first-order valence-electron chi connectivity index (χ1n) is 4.37. The predicted molar refractivity (Wildman–Crippen MR) is 47.8 cm³/mol. The van der Waals surface area contributed by atoms with Crippen molar-refractivity contribution in [3.8, 4) is 0 Å². The number of aromatic nitrogens is 3. The van der Waals surface area contributed by atoms with E-state index in [9.17, 15) is 13.2 Å². The average molecular weight is 222 g/mol. The molecule has 0 bridgehead atoms. The van der Waals surface area contributed by atoms with E-state index >= 15 is 0 Å². The summed E-state index contributed by atoms with van der Waals surface area (Å²) < 4.78 is 36.5. The molecule has 0 saturated heterocycles. The fraction of sp³-hybridized carbons (Fsp3) is 0.750. The number of nitrogens with one attached hydrogen (secondary N) is 1. The van der Waals surface area contributed by atoms with Gasteiger partial charge in [-0.25, -0.2) is 4.98 Å². The molecule has 7 heteroatoms. The molecular formula is C8H13F3N4. The topological polar surface area (TPSA) is 67.6 Å². The predicted octanol–water partition coefficient (Wildman–Crippen LogP) is 1.87. The zero-order chi connectivity index (χ0) is 11.9. The van der Waals surface area contributed by atoms with Crippen molar-refractivity contribution in [3.05, 3.63) is 11.6 Å². The standard InChI is InChI=1S/C8H13F3N4/c1-7(2,3)4(12)5-13-6(15-14-5)8(9,10)11/h4H,12H2,1-3H3,(H,13,14,15)/t4-/m0/s1.